The molecule has 2 heterocycles. The first-order chi connectivity index (χ1) is 17.3. The normalized spacial score (nSPS) is 15.5. The molecule has 8 nitrogen and oxygen atoms in total. The minimum absolute atomic E-state index is 0.0502. The number of anilines is 1. The van der Waals surface area contributed by atoms with Gasteiger partial charge in [0.05, 0.1) is 0 Å². The Bertz CT molecular complexity index is 1190. The Balaban J connectivity index is 1.62. The average Bonchev–Trinajstić information content (AvgIpc) is 3.29. The van der Waals surface area contributed by atoms with Crippen molar-refractivity contribution in [1.29, 1.82) is 0 Å². The van der Waals surface area contributed by atoms with Gasteiger partial charge in [0.15, 0.2) is 0 Å². The van der Waals surface area contributed by atoms with Crippen LogP contribution in [0.15, 0.2) is 52.9 Å². The molecule has 1 aliphatic rings. The molecule has 0 atom stereocenters. The summed E-state index contributed by atoms with van der Waals surface area (Å²) < 4.78 is 5.50. The monoisotopic (exact) mass is 489 g/mol. The summed E-state index contributed by atoms with van der Waals surface area (Å²) in [4.78, 5) is 32.9. The van der Waals surface area contributed by atoms with Gasteiger partial charge in [-0.2, -0.15) is 0 Å². The van der Waals surface area contributed by atoms with E-state index in [9.17, 15) is 9.59 Å². The van der Waals surface area contributed by atoms with Gasteiger partial charge in [-0.1, -0.05) is 32.0 Å². The number of hydrogen-bond donors (Lipinski definition) is 0. The van der Waals surface area contributed by atoms with Crippen LogP contribution in [0, 0.1) is 12.8 Å². The highest BCUT2D eigenvalue weighted by Gasteiger charge is 2.24. The maximum atomic E-state index is 13.7. The Morgan fingerprint density at radius 3 is 2.42 bits per heavy atom. The third-order valence-corrected chi connectivity index (χ3v) is 6.39. The molecule has 0 aliphatic carbocycles. The molecule has 36 heavy (non-hydrogen) atoms. The molecule has 0 saturated carbocycles. The highest BCUT2D eigenvalue weighted by molar-refractivity contribution is 5.96. The van der Waals surface area contributed by atoms with E-state index in [0.717, 1.165) is 36.3 Å². The molecular formula is C28H35N5O3. The van der Waals surface area contributed by atoms with Gasteiger partial charge in [-0.05, 0) is 61.8 Å². The van der Waals surface area contributed by atoms with Crippen LogP contribution < -0.4 is 4.90 Å². The summed E-state index contributed by atoms with van der Waals surface area (Å²) in [7, 11) is 2.06. The summed E-state index contributed by atoms with van der Waals surface area (Å²) >= 11 is 0. The third kappa shape index (κ3) is 6.18. The van der Waals surface area contributed by atoms with E-state index in [1.807, 2.05) is 46.2 Å². The third-order valence-electron chi connectivity index (χ3n) is 6.39. The highest BCUT2D eigenvalue weighted by atomic mass is 16.4. The van der Waals surface area contributed by atoms with Crippen molar-refractivity contribution in [3.63, 3.8) is 0 Å². The Morgan fingerprint density at radius 2 is 1.72 bits per heavy atom. The number of likely N-dealkylation sites (N-methyl/N-ethyl adjacent to an activating group) is 1. The number of carbonyl (C=O) groups excluding carboxylic acids is 2. The van der Waals surface area contributed by atoms with Crippen LogP contribution in [0.4, 0.5) is 5.69 Å². The number of carbonyl (C=O) groups is 2. The van der Waals surface area contributed by atoms with E-state index in [-0.39, 0.29) is 17.7 Å². The lowest BCUT2D eigenvalue weighted by molar-refractivity contribution is -0.119. The van der Waals surface area contributed by atoms with Gasteiger partial charge in [0.2, 0.25) is 17.7 Å². The molecule has 0 unspecified atom stereocenters. The summed E-state index contributed by atoms with van der Waals surface area (Å²) in [5.74, 6) is 1.29. The molecule has 1 aromatic heterocycles. The fourth-order valence-corrected chi connectivity index (χ4v) is 4.46. The van der Waals surface area contributed by atoms with Gasteiger partial charge in [-0.3, -0.25) is 9.59 Å². The van der Waals surface area contributed by atoms with E-state index in [4.69, 9.17) is 4.42 Å². The van der Waals surface area contributed by atoms with Gasteiger partial charge < -0.3 is 19.1 Å². The van der Waals surface area contributed by atoms with E-state index in [1.165, 1.54) is 0 Å². The molecule has 8 heteroatoms. The van der Waals surface area contributed by atoms with Gasteiger partial charge in [0, 0.05) is 56.3 Å². The predicted molar refractivity (Wildman–Crippen MR) is 140 cm³/mol. The number of benzene rings is 2. The minimum atomic E-state index is -0.0502. The molecule has 2 aromatic carbocycles. The van der Waals surface area contributed by atoms with Crippen LogP contribution in [-0.2, 0) is 11.3 Å². The van der Waals surface area contributed by atoms with E-state index in [1.54, 1.807) is 19.1 Å². The topological polar surface area (TPSA) is 82.8 Å². The smallest absolute Gasteiger partial charge is 0.254 e. The first kappa shape index (κ1) is 25.6. The second-order valence-corrected chi connectivity index (χ2v) is 9.86. The summed E-state index contributed by atoms with van der Waals surface area (Å²) in [6.45, 7) is 9.17. The minimum Gasteiger partial charge on any atom is -0.421 e. The Hall–Kier alpha value is -3.52. The van der Waals surface area contributed by atoms with Crippen molar-refractivity contribution in [1.82, 2.24) is 20.0 Å². The molecule has 190 valence electrons. The number of hydrogen-bond acceptors (Lipinski definition) is 6. The molecule has 0 saturated heterocycles. The van der Waals surface area contributed by atoms with E-state index >= 15 is 0 Å². The Kier molecular flexibility index (Phi) is 8.15. The van der Waals surface area contributed by atoms with Gasteiger partial charge in [0.25, 0.3) is 5.91 Å². The molecular weight excluding hydrogens is 454 g/mol. The van der Waals surface area contributed by atoms with Crippen molar-refractivity contribution in [3.8, 4) is 11.5 Å². The second kappa shape index (κ2) is 11.5. The van der Waals surface area contributed by atoms with Crippen molar-refractivity contribution in [2.24, 2.45) is 5.92 Å². The van der Waals surface area contributed by atoms with Crippen LogP contribution in [0.3, 0.4) is 0 Å². The zero-order valence-electron chi connectivity index (χ0n) is 21.6. The zero-order chi connectivity index (χ0) is 25.7. The van der Waals surface area contributed by atoms with Crippen molar-refractivity contribution in [2.75, 3.05) is 38.1 Å². The van der Waals surface area contributed by atoms with Crippen LogP contribution in [0.2, 0.25) is 0 Å². The number of para-hydroxylation sites is 1. The van der Waals surface area contributed by atoms with Crippen molar-refractivity contribution < 1.29 is 14.0 Å². The number of fused-ring (bicyclic) bond motifs is 1. The Morgan fingerprint density at radius 1 is 0.972 bits per heavy atom. The number of aryl methyl sites for hydroxylation is 1. The molecule has 0 fully saturated rings. The summed E-state index contributed by atoms with van der Waals surface area (Å²) in [5, 5.41) is 7.93. The van der Waals surface area contributed by atoms with Crippen LogP contribution in [0.25, 0.3) is 11.5 Å². The fourth-order valence-electron chi connectivity index (χ4n) is 4.46. The largest absolute Gasteiger partial charge is 0.421 e. The van der Waals surface area contributed by atoms with E-state index < -0.39 is 0 Å². The molecule has 2 amide bonds. The summed E-state index contributed by atoms with van der Waals surface area (Å²) in [6.07, 6.45) is 1.37. The average molecular weight is 490 g/mol. The lowest BCUT2D eigenvalue weighted by Crippen LogP contribution is -2.37. The zero-order valence-corrected chi connectivity index (χ0v) is 21.6. The number of rotatable bonds is 4. The summed E-state index contributed by atoms with van der Waals surface area (Å²) in [6, 6.07) is 15.2. The van der Waals surface area contributed by atoms with Gasteiger partial charge >= 0.3 is 0 Å². The first-order valence-electron chi connectivity index (χ1n) is 12.6. The van der Waals surface area contributed by atoms with Crippen molar-refractivity contribution in [3.05, 3.63) is 65.5 Å². The highest BCUT2D eigenvalue weighted by Crippen LogP contribution is 2.26. The van der Waals surface area contributed by atoms with Crippen LogP contribution >= 0.6 is 0 Å². The first-order valence-corrected chi connectivity index (χ1v) is 12.6. The molecule has 0 radical (unpaired) electrons. The Labute approximate surface area is 212 Å². The van der Waals surface area contributed by atoms with E-state index in [2.05, 4.69) is 36.0 Å². The second-order valence-electron chi connectivity index (χ2n) is 9.86. The number of amides is 2. The van der Waals surface area contributed by atoms with Crippen LogP contribution in [-0.4, -0.2) is 65.0 Å². The quantitative estimate of drug-likeness (QED) is 0.540. The lowest BCUT2D eigenvalue weighted by atomic mass is 10.1. The molecule has 0 bridgehead atoms. The maximum absolute atomic E-state index is 13.7. The fraction of sp³-hybridized carbons (Fsp3) is 0.429. The molecule has 0 N–H and O–H groups in total. The van der Waals surface area contributed by atoms with Crippen LogP contribution in [0.1, 0.15) is 48.5 Å². The number of nitrogens with zero attached hydrogens (tertiary/aromatic N) is 5. The van der Waals surface area contributed by atoms with Crippen molar-refractivity contribution in [2.45, 2.75) is 40.2 Å². The number of aromatic nitrogens is 2. The standard InChI is InChI=1S/C28H35N5O3/c1-20(2)18-26(34)33-15-7-14-31(4)16-17-32(19-24-8-5-6-9-25(24)33)28(35)23-12-10-22(11-13-23)27-30-29-21(3)36-27/h5-6,8-13,20H,7,14-19H2,1-4H3. The lowest BCUT2D eigenvalue weighted by Gasteiger charge is -2.28. The van der Waals surface area contributed by atoms with E-state index in [0.29, 0.717) is 43.4 Å². The molecule has 0 spiro atoms. The van der Waals surface area contributed by atoms with Gasteiger partial charge in [0.1, 0.15) is 0 Å². The van der Waals surface area contributed by atoms with Gasteiger partial charge in [-0.25, -0.2) is 0 Å². The SMILES string of the molecule is Cc1nnc(-c2ccc(C(=O)N3CCN(C)CCCN(C(=O)CC(C)C)c4ccccc4C3)cc2)o1. The molecule has 3 aromatic rings. The maximum Gasteiger partial charge on any atom is 0.254 e. The summed E-state index contributed by atoms with van der Waals surface area (Å²) in [5.41, 5.74) is 3.24. The predicted octanol–water partition coefficient (Wildman–Crippen LogP) is 4.40. The molecule has 1 aliphatic heterocycles. The molecule has 4 rings (SSSR count). The van der Waals surface area contributed by atoms with Gasteiger partial charge in [-0.15, -0.1) is 10.2 Å². The van der Waals surface area contributed by atoms with Crippen LogP contribution in [0.5, 0.6) is 0 Å². The van der Waals surface area contributed by atoms with Crippen molar-refractivity contribution >= 4 is 17.5 Å².